The van der Waals surface area contributed by atoms with E-state index in [1.165, 1.54) is 16.1 Å². The van der Waals surface area contributed by atoms with Gasteiger partial charge in [-0.05, 0) is 42.8 Å². The molecule has 2 aromatic rings. The van der Waals surface area contributed by atoms with Crippen molar-refractivity contribution in [1.82, 2.24) is 4.98 Å². The Bertz CT molecular complexity index is 824. The van der Waals surface area contributed by atoms with Crippen LogP contribution in [0.25, 0.3) is 0 Å². The Morgan fingerprint density at radius 2 is 2.00 bits per heavy atom. The Labute approximate surface area is 151 Å². The number of sulfonamides is 1. The van der Waals surface area contributed by atoms with Crippen LogP contribution in [0.4, 0.5) is 11.4 Å². The van der Waals surface area contributed by atoms with Crippen LogP contribution in [-0.4, -0.2) is 37.4 Å². The molecule has 0 aliphatic carbocycles. The lowest BCUT2D eigenvalue weighted by molar-refractivity contribution is -0.113. The Hall–Kier alpha value is -2.06. The van der Waals surface area contributed by atoms with Crippen LogP contribution in [0.2, 0.25) is 0 Å². The van der Waals surface area contributed by atoms with Crippen LogP contribution in [0.5, 0.6) is 0 Å². The number of aromatic nitrogens is 1. The zero-order chi connectivity index (χ0) is 17.7. The largest absolute Gasteiger partial charge is 0.325 e. The van der Waals surface area contributed by atoms with Crippen molar-refractivity contribution in [1.29, 1.82) is 0 Å². The van der Waals surface area contributed by atoms with Gasteiger partial charge in [-0.1, -0.05) is 6.07 Å². The minimum atomic E-state index is -3.18. The van der Waals surface area contributed by atoms with Gasteiger partial charge in [0, 0.05) is 24.2 Å². The van der Waals surface area contributed by atoms with Gasteiger partial charge in [0.1, 0.15) is 0 Å². The van der Waals surface area contributed by atoms with Gasteiger partial charge in [0.15, 0.2) is 0 Å². The maximum Gasteiger partial charge on any atom is 0.235 e. The molecule has 0 unspecified atom stereocenters. The highest BCUT2D eigenvalue weighted by molar-refractivity contribution is 7.99. The molecule has 1 aliphatic rings. The number of carbonyl (C=O) groups excluding carboxylic acids is 1. The lowest BCUT2D eigenvalue weighted by Gasteiger charge is -2.17. The van der Waals surface area contributed by atoms with Gasteiger partial charge in [0.05, 0.1) is 22.9 Å². The second-order valence-corrected chi connectivity index (χ2v) is 8.65. The smallest absolute Gasteiger partial charge is 0.235 e. The highest BCUT2D eigenvalue weighted by Crippen LogP contribution is 2.25. The number of anilines is 2. The SMILES string of the molecule is O=C(CSCc1ccccn1)Nc1ccc(N2CCCS2(=O)=O)cc1. The minimum Gasteiger partial charge on any atom is -0.325 e. The summed E-state index contributed by atoms with van der Waals surface area (Å²) in [6, 6.07) is 12.6. The number of thioether (sulfide) groups is 1. The van der Waals surface area contributed by atoms with Crippen molar-refractivity contribution in [3.8, 4) is 0 Å². The molecule has 8 heteroatoms. The average molecular weight is 377 g/mol. The molecule has 2 heterocycles. The molecule has 132 valence electrons. The zero-order valence-electron chi connectivity index (χ0n) is 13.6. The molecule has 1 fully saturated rings. The third-order valence-electron chi connectivity index (χ3n) is 3.75. The Kier molecular flexibility index (Phi) is 5.60. The predicted molar refractivity (Wildman–Crippen MR) is 101 cm³/mol. The van der Waals surface area contributed by atoms with Crippen LogP contribution in [0.15, 0.2) is 48.7 Å². The van der Waals surface area contributed by atoms with Crippen LogP contribution in [-0.2, 0) is 20.6 Å². The van der Waals surface area contributed by atoms with Crippen LogP contribution >= 0.6 is 11.8 Å². The molecule has 1 saturated heterocycles. The van der Waals surface area contributed by atoms with Gasteiger partial charge in [0.25, 0.3) is 0 Å². The van der Waals surface area contributed by atoms with E-state index in [1.54, 1.807) is 30.5 Å². The third-order valence-corrected chi connectivity index (χ3v) is 6.58. The molecule has 0 atom stereocenters. The highest BCUT2D eigenvalue weighted by atomic mass is 32.2. The van der Waals surface area contributed by atoms with E-state index in [0.717, 1.165) is 5.69 Å². The summed E-state index contributed by atoms with van der Waals surface area (Å²) in [5.41, 5.74) is 2.24. The lowest BCUT2D eigenvalue weighted by atomic mass is 10.2. The first kappa shape index (κ1) is 17.8. The Balaban J connectivity index is 1.50. The molecule has 1 aromatic heterocycles. The van der Waals surface area contributed by atoms with Gasteiger partial charge in [0.2, 0.25) is 15.9 Å². The van der Waals surface area contributed by atoms with Crippen LogP contribution < -0.4 is 9.62 Å². The van der Waals surface area contributed by atoms with Crippen LogP contribution in [0.1, 0.15) is 12.1 Å². The number of pyridine rings is 1. The van der Waals surface area contributed by atoms with E-state index in [4.69, 9.17) is 0 Å². The van der Waals surface area contributed by atoms with Gasteiger partial charge in [-0.3, -0.25) is 14.1 Å². The first-order valence-electron chi connectivity index (χ1n) is 7.92. The molecule has 6 nitrogen and oxygen atoms in total. The molecule has 0 bridgehead atoms. The number of nitrogens with one attached hydrogen (secondary N) is 1. The molecule has 1 aliphatic heterocycles. The third kappa shape index (κ3) is 4.73. The first-order chi connectivity index (χ1) is 12.0. The second kappa shape index (κ2) is 7.88. The molecule has 25 heavy (non-hydrogen) atoms. The Morgan fingerprint density at radius 1 is 1.20 bits per heavy atom. The molecule has 3 rings (SSSR count). The van der Waals surface area contributed by atoms with Crippen molar-refractivity contribution >= 4 is 39.1 Å². The van der Waals surface area contributed by atoms with Gasteiger partial charge in [-0.25, -0.2) is 8.42 Å². The fourth-order valence-corrected chi connectivity index (χ4v) is 4.87. The lowest BCUT2D eigenvalue weighted by Crippen LogP contribution is -2.25. The Morgan fingerprint density at radius 3 is 2.64 bits per heavy atom. The molecule has 0 saturated carbocycles. The molecule has 0 spiro atoms. The number of nitrogens with zero attached hydrogens (tertiary/aromatic N) is 2. The summed E-state index contributed by atoms with van der Waals surface area (Å²) in [4.78, 5) is 16.2. The fraction of sp³-hybridized carbons (Fsp3) is 0.294. The number of hydrogen-bond donors (Lipinski definition) is 1. The summed E-state index contributed by atoms with van der Waals surface area (Å²) in [6.07, 6.45) is 2.38. The maximum absolute atomic E-state index is 12.0. The predicted octanol–water partition coefficient (Wildman–Crippen LogP) is 2.49. The van der Waals surface area contributed by atoms with Crippen molar-refractivity contribution in [2.75, 3.05) is 27.7 Å². The summed E-state index contributed by atoms with van der Waals surface area (Å²) >= 11 is 1.49. The van der Waals surface area contributed by atoms with Gasteiger partial charge < -0.3 is 5.32 Å². The number of carbonyl (C=O) groups is 1. The summed E-state index contributed by atoms with van der Waals surface area (Å²) in [6.45, 7) is 0.512. The fourth-order valence-electron chi connectivity index (χ4n) is 2.57. The molecular weight excluding hydrogens is 358 g/mol. The number of benzene rings is 1. The summed E-state index contributed by atoms with van der Waals surface area (Å²) in [7, 11) is -3.18. The second-order valence-electron chi connectivity index (χ2n) is 5.65. The summed E-state index contributed by atoms with van der Waals surface area (Å²) < 4.78 is 25.2. The number of rotatable bonds is 6. The van der Waals surface area contributed by atoms with Crippen molar-refractivity contribution in [3.05, 3.63) is 54.4 Å². The van der Waals surface area contributed by atoms with E-state index in [0.29, 0.717) is 35.8 Å². The molecule has 1 amide bonds. The molecule has 0 radical (unpaired) electrons. The summed E-state index contributed by atoms with van der Waals surface area (Å²) in [5, 5.41) is 2.82. The number of amides is 1. The standard InChI is InChI=1S/C17H19N3O3S2/c21-17(13-24-12-15-4-1-2-9-18-15)19-14-5-7-16(8-6-14)20-10-3-11-25(20,22)23/h1-2,4-9H,3,10-13H2,(H,19,21). The minimum absolute atomic E-state index is 0.0949. The van der Waals surface area contributed by atoms with Gasteiger partial charge in [-0.2, -0.15) is 0 Å². The van der Waals surface area contributed by atoms with E-state index in [2.05, 4.69) is 10.3 Å². The van der Waals surface area contributed by atoms with E-state index >= 15 is 0 Å². The van der Waals surface area contributed by atoms with Crippen molar-refractivity contribution in [2.45, 2.75) is 12.2 Å². The first-order valence-corrected chi connectivity index (χ1v) is 10.7. The van der Waals surface area contributed by atoms with Crippen LogP contribution in [0, 0.1) is 0 Å². The summed E-state index contributed by atoms with van der Waals surface area (Å²) in [5.74, 6) is 1.11. The van der Waals surface area contributed by atoms with Crippen molar-refractivity contribution < 1.29 is 13.2 Å². The number of hydrogen-bond acceptors (Lipinski definition) is 5. The molecular formula is C17H19N3O3S2. The normalized spacial score (nSPS) is 15.9. The maximum atomic E-state index is 12.0. The van der Waals surface area contributed by atoms with Crippen molar-refractivity contribution in [3.63, 3.8) is 0 Å². The molecule has 1 N–H and O–H groups in total. The van der Waals surface area contributed by atoms with Crippen molar-refractivity contribution in [2.24, 2.45) is 0 Å². The van der Waals surface area contributed by atoms with Gasteiger partial charge >= 0.3 is 0 Å². The van der Waals surface area contributed by atoms with E-state index in [1.807, 2.05) is 18.2 Å². The topological polar surface area (TPSA) is 79.4 Å². The zero-order valence-corrected chi connectivity index (χ0v) is 15.2. The van der Waals surface area contributed by atoms with Gasteiger partial charge in [-0.15, -0.1) is 11.8 Å². The van der Waals surface area contributed by atoms with E-state index < -0.39 is 10.0 Å². The molecule has 1 aromatic carbocycles. The van der Waals surface area contributed by atoms with E-state index in [-0.39, 0.29) is 11.7 Å². The quantitative estimate of drug-likeness (QED) is 0.837. The average Bonchev–Trinajstić information content (AvgIpc) is 2.96. The monoisotopic (exact) mass is 377 g/mol. The van der Waals surface area contributed by atoms with E-state index in [9.17, 15) is 13.2 Å². The van der Waals surface area contributed by atoms with Crippen LogP contribution in [0.3, 0.4) is 0 Å². The highest BCUT2D eigenvalue weighted by Gasteiger charge is 2.28.